The third-order valence-electron chi connectivity index (χ3n) is 9.49. The number of fused-ring (bicyclic) bond motifs is 1. The Hall–Kier alpha value is -3.17. The van der Waals surface area contributed by atoms with Crippen molar-refractivity contribution >= 4 is 26.5 Å². The first kappa shape index (κ1) is 23.9. The van der Waals surface area contributed by atoms with E-state index in [0.717, 1.165) is 39.3 Å². The Morgan fingerprint density at radius 3 is 2.08 bits per heavy atom. The summed E-state index contributed by atoms with van der Waals surface area (Å²) in [6.45, 7) is 4.16. The van der Waals surface area contributed by atoms with Gasteiger partial charge < -0.3 is 4.74 Å². The molecule has 4 aliphatic carbocycles. The molecule has 8 rings (SSSR count). The molecule has 4 fully saturated rings. The van der Waals surface area contributed by atoms with Crippen LogP contribution in [0.15, 0.2) is 96.4 Å². The first-order valence-corrected chi connectivity index (χ1v) is 15.1. The van der Waals surface area contributed by atoms with Gasteiger partial charge in [0.2, 0.25) is 0 Å². The molecular weight excluding hydrogens is 484 g/mol. The average molecular weight is 519 g/mol. The molecule has 38 heavy (non-hydrogen) atoms. The molecule has 4 aromatic rings. The Morgan fingerprint density at radius 2 is 1.39 bits per heavy atom. The molecule has 0 aliphatic heterocycles. The van der Waals surface area contributed by atoms with Gasteiger partial charge in [-0.3, -0.25) is 0 Å². The Balaban J connectivity index is 1.22. The van der Waals surface area contributed by atoms with Crippen molar-refractivity contribution in [2.24, 2.45) is 17.8 Å². The molecule has 0 N–H and O–H groups in total. The molecule has 0 amide bonds. The quantitative estimate of drug-likeness (QED) is 0.255. The predicted molar refractivity (Wildman–Crippen MR) is 158 cm³/mol. The highest BCUT2D eigenvalue weighted by Gasteiger charge is 2.52. The fourth-order valence-electron chi connectivity index (χ4n) is 8.13. The van der Waals surface area contributed by atoms with Crippen molar-refractivity contribution in [3.8, 4) is 16.9 Å². The van der Waals surface area contributed by atoms with Gasteiger partial charge in [0.05, 0.1) is 17.9 Å². The van der Waals surface area contributed by atoms with Gasteiger partial charge in [-0.15, -0.1) is 0 Å². The van der Waals surface area contributed by atoms with Gasteiger partial charge in [0.15, 0.2) is 0 Å². The van der Waals surface area contributed by atoms with Gasteiger partial charge in [0.1, 0.15) is 5.75 Å². The second-order valence-corrected chi connectivity index (χ2v) is 13.4. The van der Waals surface area contributed by atoms with Crippen LogP contribution in [0, 0.1) is 17.8 Å². The fourth-order valence-corrected chi connectivity index (χ4v) is 9.16. The number of hydrogen-bond acceptors (Lipinski definition) is 2. The van der Waals surface area contributed by atoms with Gasteiger partial charge in [0.25, 0.3) is 0 Å². The lowest BCUT2D eigenvalue weighted by molar-refractivity contribution is -0.00613. The van der Waals surface area contributed by atoms with E-state index in [0.29, 0.717) is 4.91 Å². The summed E-state index contributed by atoms with van der Waals surface area (Å²) in [7, 11) is 0.551. The second kappa shape index (κ2) is 9.24. The zero-order valence-electron chi connectivity index (χ0n) is 22.0. The smallest absolute Gasteiger partial charge is 0.122 e. The van der Waals surface area contributed by atoms with Gasteiger partial charge in [-0.25, -0.2) is 4.21 Å². The van der Waals surface area contributed by atoms with Crippen LogP contribution in [0.25, 0.3) is 26.8 Å². The highest BCUT2D eigenvalue weighted by molar-refractivity contribution is 7.94. The molecule has 0 heterocycles. The maximum Gasteiger partial charge on any atom is 0.122 e. The third kappa shape index (κ3) is 4.03. The van der Waals surface area contributed by atoms with Crippen LogP contribution >= 0.6 is 0 Å². The Labute approximate surface area is 228 Å². The monoisotopic (exact) mass is 518 g/mol. The van der Waals surface area contributed by atoms with Gasteiger partial charge >= 0.3 is 0 Å². The summed E-state index contributed by atoms with van der Waals surface area (Å²) in [6, 6.07) is 29.3. The number of hydrogen-bond donors (Lipinski definition) is 0. The molecule has 192 valence electrons. The number of rotatable bonds is 6. The summed E-state index contributed by atoms with van der Waals surface area (Å²) in [6.07, 6.45) is 8.31. The summed E-state index contributed by atoms with van der Waals surface area (Å²) >= 11 is 0. The zero-order valence-corrected chi connectivity index (χ0v) is 22.8. The number of benzene rings is 4. The van der Waals surface area contributed by atoms with Crippen LogP contribution < -0.4 is 4.74 Å². The van der Waals surface area contributed by atoms with Crippen LogP contribution in [0.1, 0.15) is 49.7 Å². The van der Waals surface area contributed by atoms with E-state index in [4.69, 9.17) is 4.74 Å². The minimum Gasteiger partial charge on any atom is -0.496 e. The Bertz CT molecular complexity index is 1530. The Kier molecular flexibility index (Phi) is 5.81. The number of methoxy groups -OCH3 is 1. The van der Waals surface area contributed by atoms with E-state index in [9.17, 15) is 4.21 Å². The summed E-state index contributed by atoms with van der Waals surface area (Å²) in [4.78, 5) is 1.42. The molecule has 4 aliphatic rings. The van der Waals surface area contributed by atoms with Crippen LogP contribution in [0.5, 0.6) is 5.75 Å². The van der Waals surface area contributed by atoms with Crippen molar-refractivity contribution in [2.45, 2.75) is 48.8 Å². The van der Waals surface area contributed by atoms with Crippen molar-refractivity contribution < 1.29 is 8.95 Å². The highest BCUT2D eigenvalue weighted by atomic mass is 32.2. The van der Waals surface area contributed by atoms with Crippen LogP contribution in [0.2, 0.25) is 0 Å². The van der Waals surface area contributed by atoms with Crippen molar-refractivity contribution in [1.29, 1.82) is 0 Å². The maximum absolute atomic E-state index is 13.0. The third-order valence-corrected chi connectivity index (χ3v) is 10.9. The van der Waals surface area contributed by atoms with Crippen LogP contribution in [0.3, 0.4) is 0 Å². The average Bonchev–Trinajstić information content (AvgIpc) is 2.95. The normalized spacial score (nSPS) is 26.4. The molecule has 2 nitrogen and oxygen atoms in total. The van der Waals surface area contributed by atoms with E-state index in [-0.39, 0.29) is 5.41 Å². The van der Waals surface area contributed by atoms with Gasteiger partial charge in [-0.05, 0) is 126 Å². The van der Waals surface area contributed by atoms with Gasteiger partial charge in [-0.2, -0.15) is 0 Å². The lowest BCUT2D eigenvalue weighted by atomic mass is 9.48. The van der Waals surface area contributed by atoms with Gasteiger partial charge in [0, 0.05) is 15.4 Å². The molecule has 0 saturated heterocycles. The fraction of sp³-hybridized carbons (Fsp3) is 0.314. The molecule has 4 bridgehead atoms. The predicted octanol–water partition coefficient (Wildman–Crippen LogP) is 8.76. The maximum atomic E-state index is 13.0. The summed E-state index contributed by atoms with van der Waals surface area (Å²) in [5.41, 5.74) is 5.13. The SMILES string of the molecule is C=C(c1ccc2cc(-c3ccc(OC)c(C45CC6CC(CC(C6)C4)C5)c3)ccc2c1)[S@@](=O)c1ccccc1. The molecular formula is C35H34O2S. The summed E-state index contributed by atoms with van der Waals surface area (Å²) in [5.74, 6) is 3.76. The number of ether oxygens (including phenoxy) is 1. The molecule has 1 atom stereocenters. The Morgan fingerprint density at radius 1 is 0.789 bits per heavy atom. The lowest BCUT2D eigenvalue weighted by Crippen LogP contribution is -2.48. The van der Waals surface area contributed by atoms with E-state index >= 15 is 0 Å². The second-order valence-electron chi connectivity index (χ2n) is 11.9. The van der Waals surface area contributed by atoms with Crippen molar-refractivity contribution in [2.75, 3.05) is 7.11 Å². The van der Waals surface area contributed by atoms with Crippen LogP contribution in [-0.2, 0) is 16.2 Å². The molecule has 4 aromatic carbocycles. The lowest BCUT2D eigenvalue weighted by Gasteiger charge is -2.57. The first-order chi connectivity index (χ1) is 18.5. The zero-order chi connectivity index (χ0) is 25.9. The van der Waals surface area contributed by atoms with Gasteiger partial charge in [-0.1, -0.05) is 55.1 Å². The highest BCUT2D eigenvalue weighted by Crippen LogP contribution is 2.62. The molecule has 0 aromatic heterocycles. The van der Waals surface area contributed by atoms with E-state index < -0.39 is 10.8 Å². The molecule has 4 saturated carbocycles. The van der Waals surface area contributed by atoms with Crippen LogP contribution in [-0.4, -0.2) is 11.3 Å². The summed E-state index contributed by atoms with van der Waals surface area (Å²) < 4.78 is 19.0. The molecule has 3 heteroatoms. The first-order valence-electron chi connectivity index (χ1n) is 13.9. The van der Waals surface area contributed by atoms with E-state index in [2.05, 4.69) is 55.1 Å². The van der Waals surface area contributed by atoms with E-state index in [1.54, 1.807) is 0 Å². The van der Waals surface area contributed by atoms with Crippen molar-refractivity contribution in [1.82, 2.24) is 0 Å². The molecule has 0 unspecified atom stereocenters. The molecule has 0 radical (unpaired) electrons. The largest absolute Gasteiger partial charge is 0.496 e. The van der Waals surface area contributed by atoms with Crippen molar-refractivity contribution in [3.63, 3.8) is 0 Å². The van der Waals surface area contributed by atoms with Crippen molar-refractivity contribution in [3.05, 3.63) is 103 Å². The van der Waals surface area contributed by atoms with Crippen LogP contribution in [0.4, 0.5) is 0 Å². The topological polar surface area (TPSA) is 26.3 Å². The standard InChI is InChI=1S/C35H34O2S/c1-23(38(36)32-6-4-3-5-7-32)27-8-9-29-18-30(11-10-28(29)17-27)31-12-13-34(37-2)33(19-31)35-20-24-14-25(21-35)16-26(15-24)22-35/h3-13,17-19,24-26H,1,14-16,20-22H2,2H3/t24?,25?,26?,35?,38-/m1/s1. The van der Waals surface area contributed by atoms with E-state index in [1.165, 1.54) is 60.6 Å². The minimum absolute atomic E-state index is 0.288. The minimum atomic E-state index is -1.27. The summed E-state index contributed by atoms with van der Waals surface area (Å²) in [5, 5.41) is 2.31. The van der Waals surface area contributed by atoms with E-state index in [1.807, 2.05) is 43.5 Å². The molecule has 0 spiro atoms.